The van der Waals surface area contributed by atoms with Crippen molar-refractivity contribution in [3.05, 3.63) is 48.9 Å². The van der Waals surface area contributed by atoms with Crippen LogP contribution in [0.4, 0.5) is 10.2 Å². The molecule has 0 saturated heterocycles. The molecule has 0 N–H and O–H groups in total. The van der Waals surface area contributed by atoms with E-state index in [-0.39, 0.29) is 12.5 Å². The van der Waals surface area contributed by atoms with Gasteiger partial charge in [0.2, 0.25) is 5.91 Å². The van der Waals surface area contributed by atoms with Crippen molar-refractivity contribution >= 4 is 27.4 Å². The fraction of sp³-hybridized carbons (Fsp3) is 0.222. The van der Waals surface area contributed by atoms with Gasteiger partial charge in [-0.25, -0.2) is 9.37 Å². The molecule has 1 aromatic carbocycles. The van der Waals surface area contributed by atoms with E-state index in [1.54, 1.807) is 49.3 Å². The zero-order valence-electron chi connectivity index (χ0n) is 15.8. The quantitative estimate of drug-likeness (QED) is 0.730. The molecule has 1 amide bonds. The molecule has 27 heavy (non-hydrogen) atoms. The minimum Gasteiger partial charge on any atom is -0.475 e. The molecule has 0 spiro atoms. The molecule has 0 fully saturated rings. The van der Waals surface area contributed by atoms with Gasteiger partial charge in [-0.3, -0.25) is 9.69 Å². The summed E-state index contributed by atoms with van der Waals surface area (Å²) < 4.78 is 24.4. The summed E-state index contributed by atoms with van der Waals surface area (Å²) in [6, 6.07) is 10.6. The maximum absolute atomic E-state index is 13.6. The summed E-state index contributed by atoms with van der Waals surface area (Å²) in [5, 5.41) is 0. The number of hydrogen-bond acceptors (Lipinski definition) is 5. The van der Waals surface area contributed by atoms with Gasteiger partial charge in [0, 0.05) is 19.7 Å². The van der Waals surface area contributed by atoms with Crippen LogP contribution in [0.15, 0.2) is 48.9 Å². The SMILES string of the molecule is BC(B)(F)Oc1ccc(-c2ccc3c(n2)N(CC(=O)N(C)C)C(=C)O3)cc1. The second kappa shape index (κ2) is 6.98. The highest BCUT2D eigenvalue weighted by atomic mass is 19.2. The maximum atomic E-state index is 13.6. The number of alkyl halides is 1. The van der Waals surface area contributed by atoms with Crippen molar-refractivity contribution < 1.29 is 18.7 Å². The number of amides is 1. The number of aromatic nitrogens is 1. The van der Waals surface area contributed by atoms with Gasteiger partial charge < -0.3 is 14.4 Å². The Morgan fingerprint density at radius 1 is 1.30 bits per heavy atom. The van der Waals surface area contributed by atoms with Crippen molar-refractivity contribution in [1.82, 2.24) is 9.88 Å². The topological polar surface area (TPSA) is 54.9 Å². The molecule has 9 heteroatoms. The number of pyridine rings is 1. The van der Waals surface area contributed by atoms with Crippen LogP contribution in [0.3, 0.4) is 0 Å². The molecule has 1 aliphatic heterocycles. The van der Waals surface area contributed by atoms with E-state index in [1.165, 1.54) is 20.6 Å². The van der Waals surface area contributed by atoms with E-state index >= 15 is 0 Å². The molecule has 138 valence electrons. The molecule has 0 radical (unpaired) electrons. The number of carbonyl (C=O) groups is 1. The van der Waals surface area contributed by atoms with Crippen molar-refractivity contribution in [1.29, 1.82) is 0 Å². The van der Waals surface area contributed by atoms with Crippen LogP contribution in [0, 0.1) is 0 Å². The summed E-state index contributed by atoms with van der Waals surface area (Å²) in [6.07, 6.45) is 0. The van der Waals surface area contributed by atoms with E-state index < -0.39 is 5.65 Å². The number of ether oxygens (including phenoxy) is 2. The van der Waals surface area contributed by atoms with Gasteiger partial charge in [0.15, 0.2) is 38.8 Å². The highest BCUT2D eigenvalue weighted by Crippen LogP contribution is 2.38. The first-order valence-corrected chi connectivity index (χ1v) is 8.48. The highest BCUT2D eigenvalue weighted by Gasteiger charge is 2.29. The lowest BCUT2D eigenvalue weighted by atomic mass is 9.78. The van der Waals surface area contributed by atoms with E-state index in [2.05, 4.69) is 11.6 Å². The van der Waals surface area contributed by atoms with Crippen molar-refractivity contribution in [2.45, 2.75) is 5.65 Å². The smallest absolute Gasteiger partial charge is 0.242 e. The average molecular weight is 367 g/mol. The Bertz CT molecular complexity index is 882. The van der Waals surface area contributed by atoms with E-state index in [0.717, 1.165) is 5.56 Å². The van der Waals surface area contributed by atoms with E-state index in [1.807, 2.05) is 6.07 Å². The van der Waals surface area contributed by atoms with E-state index in [9.17, 15) is 9.18 Å². The first kappa shape index (κ1) is 18.8. The maximum Gasteiger partial charge on any atom is 0.242 e. The third-order valence-corrected chi connectivity index (χ3v) is 3.93. The summed E-state index contributed by atoms with van der Waals surface area (Å²) >= 11 is 0. The lowest BCUT2D eigenvalue weighted by molar-refractivity contribution is -0.127. The fourth-order valence-corrected chi connectivity index (χ4v) is 2.58. The zero-order chi connectivity index (χ0) is 19.8. The van der Waals surface area contributed by atoms with Crippen LogP contribution < -0.4 is 14.4 Å². The van der Waals surface area contributed by atoms with Crippen molar-refractivity contribution in [3.63, 3.8) is 0 Å². The summed E-state index contributed by atoms with van der Waals surface area (Å²) in [6.45, 7) is 3.94. The van der Waals surface area contributed by atoms with E-state index in [0.29, 0.717) is 28.9 Å². The lowest BCUT2D eigenvalue weighted by Gasteiger charge is -2.19. The molecule has 2 aromatic rings. The number of anilines is 1. The van der Waals surface area contributed by atoms with Gasteiger partial charge in [-0.2, -0.15) is 0 Å². The Hall–Kier alpha value is -2.96. The standard InChI is InChI=1S/C18H20B2FN3O3/c1-11-24(10-16(25)23(2)3)17-15(26-11)9-8-14(22-17)12-4-6-13(7-5-12)27-18(19,20)21/h4-9H,1,10,19-20H2,2-3H3. The molecule has 0 saturated carbocycles. The normalized spacial score (nSPS) is 13.1. The Labute approximate surface area is 159 Å². The minimum atomic E-state index is -1.75. The Kier molecular flexibility index (Phi) is 4.87. The van der Waals surface area contributed by atoms with Gasteiger partial charge in [-0.1, -0.05) is 0 Å². The predicted molar refractivity (Wildman–Crippen MR) is 107 cm³/mol. The van der Waals surface area contributed by atoms with Gasteiger partial charge in [0.1, 0.15) is 12.3 Å². The molecule has 0 unspecified atom stereocenters. The van der Waals surface area contributed by atoms with Crippen molar-refractivity contribution in [2.75, 3.05) is 25.5 Å². The Morgan fingerprint density at radius 3 is 2.56 bits per heavy atom. The number of fused-ring (bicyclic) bond motifs is 1. The molecular weight excluding hydrogens is 347 g/mol. The summed E-state index contributed by atoms with van der Waals surface area (Å²) in [4.78, 5) is 19.8. The van der Waals surface area contributed by atoms with Crippen LogP contribution in [0.2, 0.25) is 0 Å². The van der Waals surface area contributed by atoms with Crippen LogP contribution in [-0.2, 0) is 4.79 Å². The monoisotopic (exact) mass is 367 g/mol. The molecule has 0 aliphatic carbocycles. The highest BCUT2D eigenvalue weighted by molar-refractivity contribution is 6.37. The summed E-state index contributed by atoms with van der Waals surface area (Å²) in [5.41, 5.74) is -0.219. The largest absolute Gasteiger partial charge is 0.475 e. The number of carbonyl (C=O) groups excluding carboxylic acids is 1. The van der Waals surface area contributed by atoms with Crippen LogP contribution in [0.5, 0.6) is 11.5 Å². The lowest BCUT2D eigenvalue weighted by Crippen LogP contribution is -2.35. The van der Waals surface area contributed by atoms with Gasteiger partial charge in [0.25, 0.3) is 0 Å². The molecule has 3 rings (SSSR count). The van der Waals surface area contributed by atoms with Crippen molar-refractivity contribution in [3.8, 4) is 22.8 Å². The zero-order valence-corrected chi connectivity index (χ0v) is 15.8. The Morgan fingerprint density at radius 2 is 1.96 bits per heavy atom. The van der Waals surface area contributed by atoms with Crippen LogP contribution in [-0.4, -0.2) is 57.8 Å². The second-order valence-electron chi connectivity index (χ2n) is 6.88. The predicted octanol–water partition coefficient (Wildman–Crippen LogP) is 0.733. The number of benzene rings is 1. The van der Waals surface area contributed by atoms with Gasteiger partial charge in [-0.05, 0) is 43.0 Å². The number of rotatable bonds is 5. The third-order valence-electron chi connectivity index (χ3n) is 3.93. The molecule has 1 aliphatic rings. The minimum absolute atomic E-state index is 0.0878. The van der Waals surface area contributed by atoms with Gasteiger partial charge in [-0.15, -0.1) is 0 Å². The number of likely N-dealkylation sites (N-methyl/N-ethyl adjacent to an activating group) is 1. The van der Waals surface area contributed by atoms with E-state index in [4.69, 9.17) is 9.47 Å². The van der Waals surface area contributed by atoms with Gasteiger partial charge in [0.05, 0.1) is 5.69 Å². The molecule has 2 heterocycles. The molecule has 1 aromatic heterocycles. The third kappa shape index (κ3) is 4.24. The first-order valence-electron chi connectivity index (χ1n) is 8.48. The average Bonchev–Trinajstić information content (AvgIpc) is 2.89. The second-order valence-corrected chi connectivity index (χ2v) is 6.88. The summed E-state index contributed by atoms with van der Waals surface area (Å²) in [5.74, 6) is 1.80. The molecule has 0 bridgehead atoms. The molecule has 0 atom stereocenters. The first-order chi connectivity index (χ1) is 12.6. The van der Waals surface area contributed by atoms with Crippen molar-refractivity contribution in [2.24, 2.45) is 0 Å². The fourth-order valence-electron chi connectivity index (χ4n) is 2.58. The number of hydrogen-bond donors (Lipinski definition) is 0. The van der Waals surface area contributed by atoms with Crippen LogP contribution >= 0.6 is 0 Å². The number of halogens is 1. The van der Waals surface area contributed by atoms with Crippen LogP contribution in [0.1, 0.15) is 0 Å². The molecular formula is C18H20B2FN3O3. The Balaban J connectivity index is 1.86. The number of nitrogens with zero attached hydrogens (tertiary/aromatic N) is 3. The molecule has 6 nitrogen and oxygen atoms in total. The van der Waals surface area contributed by atoms with Crippen LogP contribution in [0.25, 0.3) is 11.3 Å². The summed E-state index contributed by atoms with van der Waals surface area (Å²) in [7, 11) is 6.07. The van der Waals surface area contributed by atoms with Gasteiger partial charge >= 0.3 is 0 Å².